The molecule has 0 unspecified atom stereocenters. The molecule has 2 nitrogen and oxygen atoms in total. The Balaban J connectivity index is 2.24. The number of hydrogen-bond acceptors (Lipinski definition) is 2. The maximum atomic E-state index is 4.94. The molecule has 1 N–H and O–H groups in total. The lowest BCUT2D eigenvalue weighted by Crippen LogP contribution is -2.07. The van der Waals surface area contributed by atoms with Gasteiger partial charge in [-0.1, -0.05) is 41.5 Å². The number of aliphatic imine (C=N–C) groups is 1. The van der Waals surface area contributed by atoms with Crippen molar-refractivity contribution >= 4 is 11.4 Å². The van der Waals surface area contributed by atoms with E-state index in [1.54, 1.807) is 0 Å². The fourth-order valence-corrected chi connectivity index (χ4v) is 2.76. The van der Waals surface area contributed by atoms with Gasteiger partial charge in [0.2, 0.25) is 0 Å². The molecule has 22 heavy (non-hydrogen) atoms. The number of rotatable bonds is 1. The van der Waals surface area contributed by atoms with E-state index in [-0.39, 0.29) is 0 Å². The normalized spacial score (nSPS) is 13.8. The Morgan fingerprint density at radius 3 is 2.50 bits per heavy atom. The molecule has 0 fully saturated rings. The highest BCUT2D eigenvalue weighted by Crippen LogP contribution is 2.27. The average Bonchev–Trinajstić information content (AvgIpc) is 2.67. The molecule has 0 atom stereocenters. The highest BCUT2D eigenvalue weighted by atomic mass is 15.0. The van der Waals surface area contributed by atoms with Crippen LogP contribution < -0.4 is 5.32 Å². The zero-order chi connectivity index (χ0) is 15.7. The van der Waals surface area contributed by atoms with Crippen LogP contribution in [0.15, 0.2) is 58.7 Å². The van der Waals surface area contributed by atoms with E-state index in [4.69, 9.17) is 4.99 Å². The van der Waals surface area contributed by atoms with Crippen molar-refractivity contribution in [2.75, 3.05) is 11.9 Å². The third kappa shape index (κ3) is 2.69. The van der Waals surface area contributed by atoms with E-state index in [1.165, 1.54) is 33.5 Å². The van der Waals surface area contributed by atoms with Crippen LogP contribution in [0.1, 0.15) is 36.1 Å². The Bertz CT molecular complexity index is 778. The van der Waals surface area contributed by atoms with E-state index in [0.717, 1.165) is 11.4 Å². The second-order valence-electron chi connectivity index (χ2n) is 6.13. The van der Waals surface area contributed by atoms with Crippen LogP contribution in [0, 0.1) is 13.8 Å². The van der Waals surface area contributed by atoms with Crippen molar-refractivity contribution in [3.8, 4) is 0 Å². The van der Waals surface area contributed by atoms with Gasteiger partial charge in [0.25, 0.3) is 0 Å². The highest BCUT2D eigenvalue weighted by molar-refractivity contribution is 6.17. The first-order valence-electron chi connectivity index (χ1n) is 7.71. The third-order valence-electron chi connectivity index (χ3n) is 4.11. The number of fused-ring (bicyclic) bond motifs is 1. The topological polar surface area (TPSA) is 24.4 Å². The van der Waals surface area contributed by atoms with Gasteiger partial charge in [0.1, 0.15) is 0 Å². The molecule has 0 amide bonds. The summed E-state index contributed by atoms with van der Waals surface area (Å²) in [6.07, 6.45) is 0. The summed E-state index contributed by atoms with van der Waals surface area (Å²) in [5.41, 5.74) is 9.60. The van der Waals surface area contributed by atoms with Gasteiger partial charge in [-0.2, -0.15) is 0 Å². The van der Waals surface area contributed by atoms with Crippen molar-refractivity contribution in [2.45, 2.75) is 27.7 Å². The fraction of sp³-hybridized carbons (Fsp3) is 0.250. The van der Waals surface area contributed by atoms with Crippen molar-refractivity contribution < 1.29 is 0 Å². The number of nitrogens with one attached hydrogen (secondary N) is 1. The number of benzodiazepines with no additional fused rings is 1. The van der Waals surface area contributed by atoms with Gasteiger partial charge in [-0.3, -0.25) is 4.99 Å². The van der Waals surface area contributed by atoms with Crippen LogP contribution in [0.5, 0.6) is 0 Å². The number of allylic oxidation sites excluding steroid dienone is 1. The molecule has 0 radical (unpaired) electrons. The van der Waals surface area contributed by atoms with Gasteiger partial charge in [-0.15, -0.1) is 0 Å². The summed E-state index contributed by atoms with van der Waals surface area (Å²) >= 11 is 0. The van der Waals surface area contributed by atoms with Gasteiger partial charge in [-0.05, 0) is 45.4 Å². The van der Waals surface area contributed by atoms with Crippen LogP contribution in [-0.4, -0.2) is 12.3 Å². The molecule has 2 heteroatoms. The summed E-state index contributed by atoms with van der Waals surface area (Å²) in [6, 6.07) is 15.0. The van der Waals surface area contributed by atoms with Crippen molar-refractivity contribution in [1.29, 1.82) is 0 Å². The quantitative estimate of drug-likeness (QED) is 0.797. The van der Waals surface area contributed by atoms with Crippen LogP contribution in [-0.2, 0) is 0 Å². The Kier molecular flexibility index (Phi) is 3.84. The van der Waals surface area contributed by atoms with Gasteiger partial charge < -0.3 is 5.32 Å². The molecule has 0 aliphatic carbocycles. The van der Waals surface area contributed by atoms with Gasteiger partial charge in [-0.25, -0.2) is 0 Å². The Morgan fingerprint density at radius 1 is 1.00 bits per heavy atom. The lowest BCUT2D eigenvalue weighted by atomic mass is 9.96. The first kappa shape index (κ1) is 14.6. The standard InChI is InChI=1S/C20H22N2/c1-13(2)19-12-21-20(16-8-6-5-7-15(16)4)17-11-14(3)9-10-18(17)22-19/h5-11,22H,12H2,1-4H3. The maximum absolute atomic E-state index is 4.94. The summed E-state index contributed by atoms with van der Waals surface area (Å²) in [5.74, 6) is 0. The van der Waals surface area contributed by atoms with Crippen molar-refractivity contribution in [3.63, 3.8) is 0 Å². The molecule has 0 saturated heterocycles. The first-order chi connectivity index (χ1) is 10.6. The largest absolute Gasteiger partial charge is 0.357 e. The molecule has 0 aromatic heterocycles. The molecule has 2 aromatic carbocycles. The summed E-state index contributed by atoms with van der Waals surface area (Å²) < 4.78 is 0. The van der Waals surface area contributed by atoms with Gasteiger partial charge >= 0.3 is 0 Å². The molecule has 1 heterocycles. The molecule has 1 aliphatic rings. The Labute approximate surface area is 132 Å². The van der Waals surface area contributed by atoms with Crippen LogP contribution in [0.25, 0.3) is 0 Å². The van der Waals surface area contributed by atoms with Crippen LogP contribution in [0.2, 0.25) is 0 Å². The number of hydrogen-bond donors (Lipinski definition) is 1. The summed E-state index contributed by atoms with van der Waals surface area (Å²) in [7, 11) is 0. The maximum Gasteiger partial charge on any atom is 0.0796 e. The average molecular weight is 290 g/mol. The van der Waals surface area contributed by atoms with E-state index in [1.807, 2.05) is 0 Å². The molecule has 0 spiro atoms. The van der Waals surface area contributed by atoms with Crippen LogP contribution in [0.4, 0.5) is 5.69 Å². The summed E-state index contributed by atoms with van der Waals surface area (Å²) in [6.45, 7) is 9.23. The van der Waals surface area contributed by atoms with E-state index in [2.05, 4.69) is 75.5 Å². The van der Waals surface area contributed by atoms with E-state index in [9.17, 15) is 0 Å². The Morgan fingerprint density at radius 2 is 1.77 bits per heavy atom. The van der Waals surface area contributed by atoms with Crippen molar-refractivity contribution in [2.24, 2.45) is 4.99 Å². The zero-order valence-electron chi connectivity index (χ0n) is 13.7. The molecule has 2 aromatic rings. The van der Waals surface area contributed by atoms with E-state index >= 15 is 0 Å². The fourth-order valence-electron chi connectivity index (χ4n) is 2.76. The SMILES string of the molecule is CC(C)=C1CN=C(c2ccccc2C)c2cc(C)ccc2N1. The van der Waals surface area contributed by atoms with E-state index < -0.39 is 0 Å². The minimum absolute atomic E-state index is 0.694. The number of nitrogens with zero attached hydrogens (tertiary/aromatic N) is 1. The number of anilines is 1. The molecular weight excluding hydrogens is 268 g/mol. The van der Waals surface area contributed by atoms with Gasteiger partial charge in [0.05, 0.1) is 12.3 Å². The summed E-state index contributed by atoms with van der Waals surface area (Å²) in [4.78, 5) is 4.94. The minimum atomic E-state index is 0.694. The lowest BCUT2D eigenvalue weighted by Gasteiger charge is -2.14. The van der Waals surface area contributed by atoms with Gasteiger partial charge in [0, 0.05) is 22.5 Å². The van der Waals surface area contributed by atoms with Crippen molar-refractivity contribution in [1.82, 2.24) is 0 Å². The minimum Gasteiger partial charge on any atom is -0.357 e. The predicted molar refractivity (Wildman–Crippen MR) is 94.9 cm³/mol. The lowest BCUT2D eigenvalue weighted by molar-refractivity contribution is 1.10. The van der Waals surface area contributed by atoms with E-state index in [0.29, 0.717) is 6.54 Å². The molecule has 0 bridgehead atoms. The van der Waals surface area contributed by atoms with Crippen molar-refractivity contribution in [3.05, 3.63) is 76.0 Å². The second kappa shape index (κ2) is 5.80. The number of aryl methyl sites for hydroxylation is 2. The molecule has 1 aliphatic heterocycles. The molecule has 3 rings (SSSR count). The second-order valence-corrected chi connectivity index (χ2v) is 6.13. The third-order valence-corrected chi connectivity index (χ3v) is 4.11. The highest BCUT2D eigenvalue weighted by Gasteiger charge is 2.18. The number of benzene rings is 2. The Hall–Kier alpha value is -2.35. The predicted octanol–water partition coefficient (Wildman–Crippen LogP) is 4.86. The monoisotopic (exact) mass is 290 g/mol. The molecule has 0 saturated carbocycles. The first-order valence-corrected chi connectivity index (χ1v) is 7.71. The molecular formula is C20H22N2. The van der Waals surface area contributed by atoms with Crippen LogP contribution in [0.3, 0.4) is 0 Å². The van der Waals surface area contributed by atoms with Crippen LogP contribution >= 0.6 is 0 Å². The zero-order valence-corrected chi connectivity index (χ0v) is 13.7. The van der Waals surface area contributed by atoms with Gasteiger partial charge in [0.15, 0.2) is 0 Å². The molecule has 112 valence electrons. The summed E-state index contributed by atoms with van der Waals surface area (Å²) in [5, 5.41) is 3.57. The smallest absolute Gasteiger partial charge is 0.0796 e.